The molecule has 3 aromatic carbocycles. The fourth-order valence-corrected chi connectivity index (χ4v) is 3.34. The Balaban J connectivity index is 1.74. The maximum absolute atomic E-state index is 10.9. The van der Waals surface area contributed by atoms with E-state index in [0.29, 0.717) is 16.9 Å². The Bertz CT molecular complexity index is 1260. The maximum Gasteiger partial charge on any atom is 0.269 e. The molecule has 0 radical (unpaired) electrons. The molecular weight excluding hydrogens is 368 g/mol. The highest BCUT2D eigenvalue weighted by Gasteiger charge is 2.14. The van der Waals surface area contributed by atoms with Crippen LogP contribution in [0.3, 0.4) is 0 Å². The van der Waals surface area contributed by atoms with E-state index in [0.717, 1.165) is 22.2 Å². The summed E-state index contributed by atoms with van der Waals surface area (Å²) in [6, 6.07) is 17.5. The first kappa shape index (κ1) is 18.4. The van der Waals surface area contributed by atoms with Crippen molar-refractivity contribution in [2.45, 2.75) is 13.8 Å². The zero-order chi connectivity index (χ0) is 20.5. The lowest BCUT2D eigenvalue weighted by molar-refractivity contribution is -0.384. The van der Waals surface area contributed by atoms with Crippen molar-refractivity contribution >= 4 is 28.4 Å². The van der Waals surface area contributed by atoms with Gasteiger partial charge in [-0.3, -0.25) is 15.1 Å². The number of rotatable bonds is 4. The fraction of sp³-hybridized carbons (Fsp3) is 0.0909. The molecule has 144 valence electrons. The van der Waals surface area contributed by atoms with Gasteiger partial charge in [-0.2, -0.15) is 5.10 Å². The van der Waals surface area contributed by atoms with Crippen LogP contribution in [-0.2, 0) is 0 Å². The number of phenolic OH excluding ortho intramolecular Hbond substituents is 1. The summed E-state index contributed by atoms with van der Waals surface area (Å²) in [4.78, 5) is 15.0. The van der Waals surface area contributed by atoms with Gasteiger partial charge in [0, 0.05) is 23.9 Å². The first-order valence-electron chi connectivity index (χ1n) is 9.01. The van der Waals surface area contributed by atoms with Crippen LogP contribution in [-0.4, -0.2) is 26.0 Å². The number of aromatic nitrogens is 2. The van der Waals surface area contributed by atoms with E-state index in [1.54, 1.807) is 29.1 Å². The van der Waals surface area contributed by atoms with Gasteiger partial charge in [0.1, 0.15) is 11.4 Å². The standard InChI is InChI=1S/C22H18N4O3/c1-14-22(15(2)25(24-14)17-8-10-18(11-9-17)26(28)29)23-13-20-19-6-4-3-5-16(19)7-12-21(20)27/h3-13,27H,1-2H3. The summed E-state index contributed by atoms with van der Waals surface area (Å²) >= 11 is 0. The quantitative estimate of drug-likeness (QED) is 0.303. The molecule has 1 N–H and O–H groups in total. The second-order valence-corrected chi connectivity index (χ2v) is 6.68. The van der Waals surface area contributed by atoms with Crippen molar-refractivity contribution in [1.29, 1.82) is 0 Å². The molecule has 0 saturated carbocycles. The summed E-state index contributed by atoms with van der Waals surface area (Å²) in [5.74, 6) is 0.158. The molecule has 1 aromatic heterocycles. The van der Waals surface area contributed by atoms with Gasteiger partial charge < -0.3 is 5.11 Å². The lowest BCUT2D eigenvalue weighted by Gasteiger charge is -2.05. The summed E-state index contributed by atoms with van der Waals surface area (Å²) in [5.41, 5.74) is 3.59. The number of benzene rings is 3. The Hall–Kier alpha value is -4.00. The molecule has 0 aliphatic carbocycles. The van der Waals surface area contributed by atoms with E-state index in [1.165, 1.54) is 12.1 Å². The van der Waals surface area contributed by atoms with Gasteiger partial charge in [0.2, 0.25) is 0 Å². The number of nitro groups is 1. The lowest BCUT2D eigenvalue weighted by atomic mass is 10.0. The van der Waals surface area contributed by atoms with E-state index in [4.69, 9.17) is 0 Å². The predicted octanol–water partition coefficient (Wildman–Crippen LogP) is 5.01. The van der Waals surface area contributed by atoms with Gasteiger partial charge in [-0.05, 0) is 42.8 Å². The van der Waals surface area contributed by atoms with Crippen LogP contribution in [0.2, 0.25) is 0 Å². The molecule has 0 unspecified atom stereocenters. The number of fused-ring (bicyclic) bond motifs is 1. The van der Waals surface area contributed by atoms with Crippen molar-refractivity contribution in [3.63, 3.8) is 0 Å². The first-order valence-corrected chi connectivity index (χ1v) is 9.01. The third kappa shape index (κ3) is 3.34. The molecule has 0 amide bonds. The van der Waals surface area contributed by atoms with Crippen LogP contribution in [0.15, 0.2) is 65.7 Å². The number of aliphatic imine (C=N–C) groups is 1. The van der Waals surface area contributed by atoms with E-state index in [-0.39, 0.29) is 11.4 Å². The second-order valence-electron chi connectivity index (χ2n) is 6.68. The van der Waals surface area contributed by atoms with Gasteiger partial charge in [-0.1, -0.05) is 30.3 Å². The van der Waals surface area contributed by atoms with Gasteiger partial charge in [-0.15, -0.1) is 0 Å². The first-order chi connectivity index (χ1) is 14.0. The van der Waals surface area contributed by atoms with Crippen LogP contribution in [0.25, 0.3) is 16.5 Å². The predicted molar refractivity (Wildman–Crippen MR) is 113 cm³/mol. The Morgan fingerprint density at radius 3 is 2.52 bits per heavy atom. The van der Waals surface area contributed by atoms with Crippen LogP contribution >= 0.6 is 0 Å². The molecule has 0 spiro atoms. The molecule has 7 nitrogen and oxygen atoms in total. The molecule has 1 heterocycles. The third-order valence-corrected chi connectivity index (χ3v) is 4.83. The topological polar surface area (TPSA) is 93.5 Å². The lowest BCUT2D eigenvalue weighted by Crippen LogP contribution is -1.99. The van der Waals surface area contributed by atoms with Gasteiger partial charge in [0.15, 0.2) is 0 Å². The molecule has 0 bridgehead atoms. The summed E-state index contributed by atoms with van der Waals surface area (Å²) in [6.45, 7) is 3.74. The Morgan fingerprint density at radius 2 is 1.79 bits per heavy atom. The Labute approximate surface area is 166 Å². The van der Waals surface area contributed by atoms with Crippen molar-refractivity contribution < 1.29 is 10.0 Å². The van der Waals surface area contributed by atoms with Gasteiger partial charge in [0.25, 0.3) is 5.69 Å². The molecule has 29 heavy (non-hydrogen) atoms. The van der Waals surface area contributed by atoms with Crippen molar-refractivity contribution in [2.75, 3.05) is 0 Å². The minimum Gasteiger partial charge on any atom is -0.507 e. The van der Waals surface area contributed by atoms with Crippen LogP contribution in [0.4, 0.5) is 11.4 Å². The molecule has 4 aromatic rings. The SMILES string of the molecule is Cc1nn(-c2ccc([N+](=O)[O-])cc2)c(C)c1N=Cc1c(O)ccc2ccccc12. The largest absolute Gasteiger partial charge is 0.507 e. The molecule has 4 rings (SSSR count). The van der Waals surface area contributed by atoms with Crippen LogP contribution in [0.1, 0.15) is 17.0 Å². The van der Waals surface area contributed by atoms with Gasteiger partial charge in [-0.25, -0.2) is 4.68 Å². The zero-order valence-electron chi connectivity index (χ0n) is 15.9. The number of aromatic hydroxyl groups is 1. The molecular formula is C22H18N4O3. The van der Waals surface area contributed by atoms with Crippen LogP contribution in [0.5, 0.6) is 5.75 Å². The monoisotopic (exact) mass is 386 g/mol. The Morgan fingerprint density at radius 1 is 1.07 bits per heavy atom. The molecule has 0 saturated heterocycles. The van der Waals surface area contributed by atoms with Gasteiger partial charge >= 0.3 is 0 Å². The number of non-ortho nitro benzene ring substituents is 1. The second kappa shape index (κ2) is 7.20. The normalized spacial score (nSPS) is 11.4. The van der Waals surface area contributed by atoms with E-state index in [9.17, 15) is 15.2 Å². The fourth-order valence-electron chi connectivity index (χ4n) is 3.34. The van der Waals surface area contributed by atoms with Crippen molar-refractivity contribution in [2.24, 2.45) is 4.99 Å². The molecule has 0 atom stereocenters. The van der Waals surface area contributed by atoms with E-state index in [2.05, 4.69) is 10.1 Å². The van der Waals surface area contributed by atoms with Crippen molar-refractivity contribution in [3.05, 3.63) is 87.7 Å². The number of aryl methyl sites for hydroxylation is 1. The summed E-state index contributed by atoms with van der Waals surface area (Å²) in [5, 5.41) is 27.6. The highest BCUT2D eigenvalue weighted by Crippen LogP contribution is 2.29. The van der Waals surface area contributed by atoms with Gasteiger partial charge in [0.05, 0.1) is 22.0 Å². The van der Waals surface area contributed by atoms with Crippen LogP contribution in [0, 0.1) is 24.0 Å². The summed E-state index contributed by atoms with van der Waals surface area (Å²) < 4.78 is 1.70. The smallest absolute Gasteiger partial charge is 0.269 e. The maximum atomic E-state index is 10.9. The molecule has 0 aliphatic rings. The Kier molecular flexibility index (Phi) is 4.56. The average molecular weight is 386 g/mol. The van der Waals surface area contributed by atoms with E-state index in [1.807, 2.05) is 44.2 Å². The molecule has 0 fully saturated rings. The molecule has 0 aliphatic heterocycles. The summed E-state index contributed by atoms with van der Waals surface area (Å²) in [6.07, 6.45) is 1.65. The number of hydrogen-bond donors (Lipinski definition) is 1. The number of nitrogens with zero attached hydrogens (tertiary/aromatic N) is 4. The van der Waals surface area contributed by atoms with E-state index < -0.39 is 4.92 Å². The third-order valence-electron chi connectivity index (χ3n) is 4.83. The minimum absolute atomic E-state index is 0.0277. The minimum atomic E-state index is -0.433. The molecule has 7 heteroatoms. The number of hydrogen-bond acceptors (Lipinski definition) is 5. The van der Waals surface area contributed by atoms with E-state index >= 15 is 0 Å². The number of phenols is 1. The van der Waals surface area contributed by atoms with Crippen molar-refractivity contribution in [1.82, 2.24) is 9.78 Å². The van der Waals surface area contributed by atoms with Crippen LogP contribution < -0.4 is 0 Å². The highest BCUT2D eigenvalue weighted by molar-refractivity contribution is 6.03. The highest BCUT2D eigenvalue weighted by atomic mass is 16.6. The van der Waals surface area contributed by atoms with Crippen molar-refractivity contribution in [3.8, 4) is 11.4 Å². The average Bonchev–Trinajstić information content (AvgIpc) is 3.01. The summed E-state index contributed by atoms with van der Waals surface area (Å²) in [7, 11) is 0. The zero-order valence-corrected chi connectivity index (χ0v) is 15.9. The number of nitro benzene ring substituents is 1.